The predicted molar refractivity (Wildman–Crippen MR) is 71.3 cm³/mol. The van der Waals surface area contributed by atoms with Crippen LogP contribution in [0.2, 0.25) is 5.15 Å². The molecule has 0 bridgehead atoms. The molecule has 0 N–H and O–H groups in total. The van der Waals surface area contributed by atoms with Gasteiger partial charge in [0.05, 0.1) is 11.6 Å². The number of nitrogens with zero attached hydrogens (tertiary/aromatic N) is 4. The molecule has 0 atom stereocenters. The standard InChI is InChI=1S/C13H8ClF3N4/c1-21(9-4-2-8(7-18)3-5-9)11-6-10(14)19-12(20-11)13(15,16)17/h2-6H,1H3. The molecule has 0 aliphatic heterocycles. The highest BCUT2D eigenvalue weighted by molar-refractivity contribution is 6.29. The predicted octanol–water partition coefficient (Wildman–Crippen LogP) is 3.79. The molecule has 8 heteroatoms. The van der Waals surface area contributed by atoms with Gasteiger partial charge in [-0.1, -0.05) is 11.6 Å². The van der Waals surface area contributed by atoms with Gasteiger partial charge in [0.25, 0.3) is 0 Å². The second-order valence-corrected chi connectivity index (χ2v) is 4.48. The van der Waals surface area contributed by atoms with Gasteiger partial charge in [-0.2, -0.15) is 18.4 Å². The zero-order valence-corrected chi connectivity index (χ0v) is 11.4. The normalized spacial score (nSPS) is 11.0. The van der Waals surface area contributed by atoms with Crippen LogP contribution in [0.3, 0.4) is 0 Å². The first-order valence-corrected chi connectivity index (χ1v) is 6.05. The summed E-state index contributed by atoms with van der Waals surface area (Å²) in [5, 5.41) is 8.42. The highest BCUT2D eigenvalue weighted by Gasteiger charge is 2.35. The number of hydrogen-bond acceptors (Lipinski definition) is 4. The summed E-state index contributed by atoms with van der Waals surface area (Å²) >= 11 is 5.61. The van der Waals surface area contributed by atoms with Crippen LogP contribution < -0.4 is 4.90 Å². The Morgan fingerprint density at radius 2 is 1.81 bits per heavy atom. The van der Waals surface area contributed by atoms with Crippen LogP contribution in [0.5, 0.6) is 0 Å². The lowest BCUT2D eigenvalue weighted by molar-refractivity contribution is -0.144. The summed E-state index contributed by atoms with van der Waals surface area (Å²) in [6.45, 7) is 0. The van der Waals surface area contributed by atoms with E-state index in [-0.39, 0.29) is 11.0 Å². The fraction of sp³-hybridized carbons (Fsp3) is 0.154. The van der Waals surface area contributed by atoms with Gasteiger partial charge in [0.15, 0.2) is 0 Å². The van der Waals surface area contributed by atoms with Crippen molar-refractivity contribution in [3.8, 4) is 6.07 Å². The van der Waals surface area contributed by atoms with E-state index in [1.165, 1.54) is 11.0 Å². The molecule has 0 unspecified atom stereocenters. The van der Waals surface area contributed by atoms with Gasteiger partial charge in [0.2, 0.25) is 5.82 Å². The molecule has 2 aromatic rings. The summed E-state index contributed by atoms with van der Waals surface area (Å²) in [6.07, 6.45) is -4.68. The first-order chi connectivity index (χ1) is 9.81. The average Bonchev–Trinajstić information content (AvgIpc) is 2.45. The van der Waals surface area contributed by atoms with Crippen LogP contribution in [0.15, 0.2) is 30.3 Å². The Balaban J connectivity index is 2.40. The number of aromatic nitrogens is 2. The van der Waals surface area contributed by atoms with Gasteiger partial charge in [0, 0.05) is 18.8 Å². The second kappa shape index (κ2) is 5.58. The fourth-order valence-electron chi connectivity index (χ4n) is 1.60. The third-order valence-electron chi connectivity index (χ3n) is 2.66. The van der Waals surface area contributed by atoms with Crippen molar-refractivity contribution < 1.29 is 13.2 Å². The Labute approximate surface area is 123 Å². The van der Waals surface area contributed by atoms with E-state index < -0.39 is 12.0 Å². The van der Waals surface area contributed by atoms with Crippen molar-refractivity contribution in [1.29, 1.82) is 5.26 Å². The van der Waals surface area contributed by atoms with Crippen LogP contribution >= 0.6 is 11.6 Å². The van der Waals surface area contributed by atoms with Crippen molar-refractivity contribution in [2.45, 2.75) is 6.18 Å². The Morgan fingerprint density at radius 3 is 2.33 bits per heavy atom. The maximum absolute atomic E-state index is 12.7. The summed E-state index contributed by atoms with van der Waals surface area (Å²) in [4.78, 5) is 8.05. The number of halogens is 4. The van der Waals surface area contributed by atoms with Crippen molar-refractivity contribution in [2.24, 2.45) is 0 Å². The van der Waals surface area contributed by atoms with Gasteiger partial charge < -0.3 is 4.90 Å². The Morgan fingerprint density at radius 1 is 1.19 bits per heavy atom. The number of benzene rings is 1. The molecule has 4 nitrogen and oxygen atoms in total. The zero-order chi connectivity index (χ0) is 15.6. The van der Waals surface area contributed by atoms with Gasteiger partial charge in [-0.05, 0) is 24.3 Å². The van der Waals surface area contributed by atoms with E-state index in [1.54, 1.807) is 31.3 Å². The van der Waals surface area contributed by atoms with Gasteiger partial charge >= 0.3 is 6.18 Å². The largest absolute Gasteiger partial charge is 0.451 e. The Kier molecular flexibility index (Phi) is 4.00. The Bertz CT molecular complexity index is 692. The van der Waals surface area contributed by atoms with Crippen molar-refractivity contribution in [3.63, 3.8) is 0 Å². The molecule has 0 aliphatic rings. The molecule has 0 fully saturated rings. The minimum absolute atomic E-state index is 0.00651. The lowest BCUT2D eigenvalue weighted by Gasteiger charge is -2.19. The monoisotopic (exact) mass is 312 g/mol. The molecule has 1 heterocycles. The molecule has 0 amide bonds. The van der Waals surface area contributed by atoms with Crippen LogP contribution in [0.4, 0.5) is 24.7 Å². The number of hydrogen-bond donors (Lipinski definition) is 0. The quantitative estimate of drug-likeness (QED) is 0.792. The number of anilines is 2. The van der Waals surface area contributed by atoms with Gasteiger partial charge in [-0.3, -0.25) is 0 Å². The van der Waals surface area contributed by atoms with Crippen molar-refractivity contribution in [1.82, 2.24) is 9.97 Å². The lowest BCUT2D eigenvalue weighted by Crippen LogP contribution is -2.17. The van der Waals surface area contributed by atoms with E-state index in [0.29, 0.717) is 11.3 Å². The van der Waals surface area contributed by atoms with E-state index in [4.69, 9.17) is 16.9 Å². The summed E-state index contributed by atoms with van der Waals surface area (Å²) < 4.78 is 38.0. The molecule has 1 aromatic carbocycles. The maximum Gasteiger partial charge on any atom is 0.451 e. The number of rotatable bonds is 2. The van der Waals surface area contributed by atoms with E-state index in [0.717, 1.165) is 0 Å². The topological polar surface area (TPSA) is 52.8 Å². The van der Waals surface area contributed by atoms with Crippen LogP contribution in [0.1, 0.15) is 11.4 Å². The van der Waals surface area contributed by atoms with Crippen LogP contribution in [-0.2, 0) is 6.18 Å². The van der Waals surface area contributed by atoms with E-state index in [9.17, 15) is 13.2 Å². The smallest absolute Gasteiger partial charge is 0.329 e. The third-order valence-corrected chi connectivity index (χ3v) is 2.86. The van der Waals surface area contributed by atoms with Crippen molar-refractivity contribution in [2.75, 3.05) is 11.9 Å². The lowest BCUT2D eigenvalue weighted by atomic mass is 10.2. The Hall–Kier alpha value is -2.33. The first kappa shape index (κ1) is 15.1. The molecule has 0 saturated carbocycles. The van der Waals surface area contributed by atoms with Crippen LogP contribution in [0, 0.1) is 11.3 Å². The van der Waals surface area contributed by atoms with E-state index >= 15 is 0 Å². The summed E-state index contributed by atoms with van der Waals surface area (Å²) in [5.74, 6) is -1.29. The van der Waals surface area contributed by atoms with Crippen LogP contribution in [-0.4, -0.2) is 17.0 Å². The van der Waals surface area contributed by atoms with Crippen molar-refractivity contribution >= 4 is 23.1 Å². The molecule has 1 aromatic heterocycles. The summed E-state index contributed by atoms with van der Waals surface area (Å²) in [6, 6.07) is 9.50. The molecule has 21 heavy (non-hydrogen) atoms. The van der Waals surface area contributed by atoms with E-state index in [1.807, 2.05) is 6.07 Å². The molecular weight excluding hydrogens is 305 g/mol. The van der Waals surface area contributed by atoms with Crippen LogP contribution in [0.25, 0.3) is 0 Å². The molecular formula is C13H8ClF3N4. The third kappa shape index (κ3) is 3.41. The highest BCUT2D eigenvalue weighted by atomic mass is 35.5. The van der Waals surface area contributed by atoms with Gasteiger partial charge in [-0.15, -0.1) is 0 Å². The summed E-state index contributed by atoms with van der Waals surface area (Å²) in [7, 11) is 1.54. The zero-order valence-electron chi connectivity index (χ0n) is 10.7. The minimum atomic E-state index is -4.68. The first-order valence-electron chi connectivity index (χ1n) is 5.67. The molecule has 108 valence electrons. The van der Waals surface area contributed by atoms with E-state index in [2.05, 4.69) is 9.97 Å². The fourth-order valence-corrected chi connectivity index (χ4v) is 1.77. The summed E-state index contributed by atoms with van der Waals surface area (Å²) in [5.41, 5.74) is 1.01. The average molecular weight is 313 g/mol. The number of alkyl halides is 3. The molecule has 0 radical (unpaired) electrons. The van der Waals surface area contributed by atoms with Gasteiger partial charge in [-0.25, -0.2) is 9.97 Å². The van der Waals surface area contributed by atoms with Crippen molar-refractivity contribution in [3.05, 3.63) is 46.9 Å². The molecule has 0 aliphatic carbocycles. The molecule has 2 rings (SSSR count). The maximum atomic E-state index is 12.7. The second-order valence-electron chi connectivity index (χ2n) is 4.09. The number of nitriles is 1. The minimum Gasteiger partial charge on any atom is -0.329 e. The molecule has 0 saturated heterocycles. The SMILES string of the molecule is CN(c1ccc(C#N)cc1)c1cc(Cl)nc(C(F)(F)F)n1. The van der Waals surface area contributed by atoms with Gasteiger partial charge in [0.1, 0.15) is 11.0 Å². The molecule has 0 spiro atoms. The highest BCUT2D eigenvalue weighted by Crippen LogP contribution is 2.30.